The van der Waals surface area contributed by atoms with Crippen molar-refractivity contribution in [3.63, 3.8) is 0 Å². The van der Waals surface area contributed by atoms with Gasteiger partial charge < -0.3 is 15.3 Å². The van der Waals surface area contributed by atoms with Crippen LogP contribution < -0.4 is 10.2 Å². The van der Waals surface area contributed by atoms with Crippen molar-refractivity contribution in [1.29, 1.82) is 0 Å². The lowest BCUT2D eigenvalue weighted by Gasteiger charge is -2.24. The van der Waals surface area contributed by atoms with Crippen LogP contribution in [0.3, 0.4) is 0 Å². The first-order valence-corrected chi connectivity index (χ1v) is 7.11. The topological polar surface area (TPSA) is 35.5 Å². The average molecular weight is 260 g/mol. The summed E-state index contributed by atoms with van der Waals surface area (Å²) >= 11 is 0. The van der Waals surface area contributed by atoms with Crippen LogP contribution in [-0.2, 0) is 0 Å². The molecule has 2 rings (SSSR count). The van der Waals surface area contributed by atoms with Gasteiger partial charge in [-0.2, -0.15) is 0 Å². The smallest absolute Gasteiger partial charge is 0.122 e. The Morgan fingerprint density at radius 2 is 2.26 bits per heavy atom. The quantitative estimate of drug-likeness (QED) is 0.739. The van der Waals surface area contributed by atoms with Gasteiger partial charge in [-0.3, -0.25) is 0 Å². The minimum Gasteiger partial charge on any atom is -0.508 e. The Labute approximate surface area is 115 Å². The number of aromatic hydroxyl groups is 1. The molecule has 0 heterocycles. The molecular weight excluding hydrogens is 236 g/mol. The molecule has 3 heteroatoms. The molecule has 1 unspecified atom stereocenters. The van der Waals surface area contributed by atoms with Crippen LogP contribution in [0.25, 0.3) is 0 Å². The second kappa shape index (κ2) is 6.11. The number of hydrogen-bond acceptors (Lipinski definition) is 3. The summed E-state index contributed by atoms with van der Waals surface area (Å²) < 4.78 is 0. The van der Waals surface area contributed by atoms with Crippen molar-refractivity contribution in [3.8, 4) is 5.75 Å². The van der Waals surface area contributed by atoms with Gasteiger partial charge in [-0.1, -0.05) is 19.1 Å². The van der Waals surface area contributed by atoms with Crippen LogP contribution in [0.15, 0.2) is 30.9 Å². The summed E-state index contributed by atoms with van der Waals surface area (Å²) in [5.74, 6) is 0.376. The highest BCUT2D eigenvalue weighted by Crippen LogP contribution is 2.35. The van der Waals surface area contributed by atoms with Crippen LogP contribution in [0.5, 0.6) is 5.75 Å². The minimum atomic E-state index is 0.174. The zero-order valence-electron chi connectivity index (χ0n) is 11.9. The number of phenolic OH excluding ortho intramolecular Hbond substituents is 1. The van der Waals surface area contributed by atoms with Crippen LogP contribution >= 0.6 is 0 Å². The molecule has 104 valence electrons. The van der Waals surface area contributed by atoms with E-state index in [2.05, 4.69) is 36.7 Å². The minimum absolute atomic E-state index is 0.174. The van der Waals surface area contributed by atoms with Gasteiger partial charge in [-0.25, -0.2) is 0 Å². The molecule has 0 bridgehead atoms. The lowest BCUT2D eigenvalue weighted by molar-refractivity contribution is 0.454. The van der Waals surface area contributed by atoms with E-state index in [0.717, 1.165) is 24.3 Å². The van der Waals surface area contributed by atoms with E-state index >= 15 is 0 Å². The van der Waals surface area contributed by atoms with Crippen LogP contribution in [0.4, 0.5) is 5.69 Å². The van der Waals surface area contributed by atoms with Gasteiger partial charge in [0, 0.05) is 35.9 Å². The number of rotatable bonds is 7. The highest BCUT2D eigenvalue weighted by Gasteiger charge is 2.28. The Kier molecular flexibility index (Phi) is 4.48. The molecule has 0 aliphatic heterocycles. The number of hydrogen-bond donors (Lipinski definition) is 2. The Bertz CT molecular complexity index is 440. The Morgan fingerprint density at radius 3 is 2.79 bits per heavy atom. The van der Waals surface area contributed by atoms with Crippen LogP contribution in [-0.4, -0.2) is 24.2 Å². The summed E-state index contributed by atoms with van der Waals surface area (Å²) in [5.41, 5.74) is 2.05. The fourth-order valence-corrected chi connectivity index (χ4v) is 2.48. The van der Waals surface area contributed by atoms with E-state index in [1.165, 1.54) is 12.8 Å². The summed E-state index contributed by atoms with van der Waals surface area (Å²) in [6, 6.07) is 6.80. The van der Waals surface area contributed by atoms with E-state index in [1.54, 1.807) is 0 Å². The highest BCUT2D eigenvalue weighted by atomic mass is 16.3. The highest BCUT2D eigenvalue weighted by molar-refractivity contribution is 5.55. The van der Waals surface area contributed by atoms with Gasteiger partial charge in [-0.15, -0.1) is 6.58 Å². The Balaban J connectivity index is 2.19. The second-order valence-corrected chi connectivity index (χ2v) is 5.19. The molecule has 19 heavy (non-hydrogen) atoms. The molecule has 1 aromatic rings. The summed E-state index contributed by atoms with van der Waals surface area (Å²) in [5, 5.41) is 13.5. The summed E-state index contributed by atoms with van der Waals surface area (Å²) in [4.78, 5) is 2.31. The predicted molar refractivity (Wildman–Crippen MR) is 80.8 cm³/mol. The van der Waals surface area contributed by atoms with E-state index in [4.69, 9.17) is 0 Å². The molecule has 1 saturated carbocycles. The first-order valence-electron chi connectivity index (χ1n) is 7.11. The summed E-state index contributed by atoms with van der Waals surface area (Å²) in [7, 11) is 0. The predicted octanol–water partition coefficient (Wildman–Crippen LogP) is 3.22. The van der Waals surface area contributed by atoms with Crippen LogP contribution in [0, 0.1) is 0 Å². The Morgan fingerprint density at radius 1 is 1.53 bits per heavy atom. The van der Waals surface area contributed by atoms with E-state index in [0.29, 0.717) is 11.8 Å². The van der Waals surface area contributed by atoms with Crippen LogP contribution in [0.1, 0.15) is 38.3 Å². The van der Waals surface area contributed by atoms with Crippen molar-refractivity contribution >= 4 is 5.69 Å². The first-order chi connectivity index (χ1) is 9.17. The van der Waals surface area contributed by atoms with E-state index in [-0.39, 0.29) is 6.04 Å². The van der Waals surface area contributed by atoms with E-state index in [1.807, 2.05) is 18.2 Å². The van der Waals surface area contributed by atoms with Gasteiger partial charge in [0.1, 0.15) is 5.75 Å². The van der Waals surface area contributed by atoms with Crippen molar-refractivity contribution in [2.24, 2.45) is 0 Å². The zero-order chi connectivity index (χ0) is 13.8. The van der Waals surface area contributed by atoms with Gasteiger partial charge in [-0.05, 0) is 32.4 Å². The maximum atomic E-state index is 10.2. The van der Waals surface area contributed by atoms with Crippen molar-refractivity contribution in [2.75, 3.05) is 18.0 Å². The van der Waals surface area contributed by atoms with E-state index < -0.39 is 0 Å². The number of nitrogens with one attached hydrogen (secondary N) is 1. The molecule has 1 atom stereocenters. The van der Waals surface area contributed by atoms with Crippen molar-refractivity contribution < 1.29 is 5.11 Å². The third-order valence-corrected chi connectivity index (χ3v) is 3.64. The van der Waals surface area contributed by atoms with E-state index in [9.17, 15) is 5.11 Å². The maximum absolute atomic E-state index is 10.2. The van der Waals surface area contributed by atoms with Gasteiger partial charge >= 0.3 is 0 Å². The lowest BCUT2D eigenvalue weighted by Crippen LogP contribution is -2.25. The Hall–Kier alpha value is -1.48. The third kappa shape index (κ3) is 3.29. The second-order valence-electron chi connectivity index (χ2n) is 5.19. The average Bonchev–Trinajstić information content (AvgIpc) is 3.20. The number of anilines is 1. The largest absolute Gasteiger partial charge is 0.508 e. The van der Waals surface area contributed by atoms with Gasteiger partial charge in [0.25, 0.3) is 0 Å². The fourth-order valence-electron chi connectivity index (χ4n) is 2.48. The third-order valence-electron chi connectivity index (χ3n) is 3.64. The molecule has 0 spiro atoms. The molecule has 1 aromatic carbocycles. The van der Waals surface area contributed by atoms with Crippen LogP contribution in [0.2, 0.25) is 0 Å². The molecule has 3 nitrogen and oxygen atoms in total. The van der Waals surface area contributed by atoms with Crippen molar-refractivity contribution in [2.45, 2.75) is 38.8 Å². The SMILES string of the molecule is C=CCN(c1ccc(C(C)NCC)c(O)c1)C1CC1. The number of phenols is 1. The number of nitrogens with zero attached hydrogens (tertiary/aromatic N) is 1. The zero-order valence-corrected chi connectivity index (χ0v) is 11.9. The molecule has 0 amide bonds. The molecule has 1 aliphatic carbocycles. The lowest BCUT2D eigenvalue weighted by atomic mass is 10.1. The van der Waals surface area contributed by atoms with Gasteiger partial charge in [0.05, 0.1) is 0 Å². The monoisotopic (exact) mass is 260 g/mol. The normalized spacial score (nSPS) is 16.1. The number of benzene rings is 1. The molecular formula is C16H24N2O. The molecule has 0 aromatic heterocycles. The molecule has 1 aliphatic rings. The van der Waals surface area contributed by atoms with Gasteiger partial charge in [0.15, 0.2) is 0 Å². The molecule has 1 fully saturated rings. The standard InChI is InChI=1S/C16H24N2O/c1-4-10-18(13-6-7-13)14-8-9-15(16(19)11-14)12(3)17-5-2/h4,8-9,11-13,17,19H,1,5-7,10H2,2-3H3. The fraction of sp³-hybridized carbons (Fsp3) is 0.500. The van der Waals surface area contributed by atoms with Crippen molar-refractivity contribution in [3.05, 3.63) is 36.4 Å². The molecule has 0 saturated heterocycles. The maximum Gasteiger partial charge on any atom is 0.122 e. The summed E-state index contributed by atoms with van der Waals surface area (Å²) in [6.07, 6.45) is 4.40. The first kappa shape index (κ1) is 13.9. The van der Waals surface area contributed by atoms with Crippen molar-refractivity contribution in [1.82, 2.24) is 5.32 Å². The molecule has 0 radical (unpaired) electrons. The molecule has 2 N–H and O–H groups in total. The summed E-state index contributed by atoms with van der Waals surface area (Å²) in [6.45, 7) is 9.69. The van der Waals surface area contributed by atoms with Gasteiger partial charge in [0.2, 0.25) is 0 Å².